The van der Waals surface area contributed by atoms with Gasteiger partial charge in [-0.3, -0.25) is 0 Å². The summed E-state index contributed by atoms with van der Waals surface area (Å²) in [6, 6.07) is 7.09. The van der Waals surface area contributed by atoms with E-state index in [4.69, 9.17) is 0 Å². The molecule has 0 N–H and O–H groups in total. The van der Waals surface area contributed by atoms with E-state index in [9.17, 15) is 0 Å². The summed E-state index contributed by atoms with van der Waals surface area (Å²) in [6.07, 6.45) is 7.03. The standard InChI is InChI=1S/C18H26Si/c1-13(2)17-8-7-9-18(17)19(5,6)16-11-14(3)10-15(4)12-16/h7-13,18H,1-6H3. The van der Waals surface area contributed by atoms with Gasteiger partial charge in [0, 0.05) is 0 Å². The largest absolute Gasteiger partial charge is 0.0915 e. The van der Waals surface area contributed by atoms with Gasteiger partial charge in [0.2, 0.25) is 0 Å². The first kappa shape index (κ1) is 14.3. The predicted octanol–water partition coefficient (Wildman–Crippen LogP) is 4.74. The Labute approximate surface area is 119 Å². The molecule has 0 heterocycles. The summed E-state index contributed by atoms with van der Waals surface area (Å²) < 4.78 is 0. The van der Waals surface area contributed by atoms with Crippen molar-refractivity contribution in [3.63, 3.8) is 0 Å². The number of hydrogen-bond acceptors (Lipinski definition) is 0. The third-order valence-electron chi connectivity index (χ3n) is 4.36. The maximum atomic E-state index is 2.51. The first-order valence-electron chi connectivity index (χ1n) is 7.29. The summed E-state index contributed by atoms with van der Waals surface area (Å²) in [7, 11) is -1.49. The molecule has 0 aliphatic heterocycles. The molecule has 1 aliphatic rings. The summed E-state index contributed by atoms with van der Waals surface area (Å²) in [4.78, 5) is 0. The van der Waals surface area contributed by atoms with Crippen molar-refractivity contribution < 1.29 is 0 Å². The molecule has 0 amide bonds. The zero-order valence-electron chi connectivity index (χ0n) is 13.1. The molecule has 0 nitrogen and oxygen atoms in total. The molecule has 0 bridgehead atoms. The van der Waals surface area contributed by atoms with Crippen LogP contribution in [0.3, 0.4) is 0 Å². The third-order valence-corrected chi connectivity index (χ3v) is 8.22. The Bertz CT molecular complexity index is 512. The highest BCUT2D eigenvalue weighted by Gasteiger charge is 2.36. The summed E-state index contributed by atoms with van der Waals surface area (Å²) in [5, 5.41) is 1.59. The van der Waals surface area contributed by atoms with E-state index in [1.807, 2.05) is 0 Å². The molecular formula is C18H26Si. The predicted molar refractivity (Wildman–Crippen MR) is 88.8 cm³/mol. The molecule has 19 heavy (non-hydrogen) atoms. The van der Waals surface area contributed by atoms with Crippen molar-refractivity contribution in [3.8, 4) is 0 Å². The Kier molecular flexibility index (Phi) is 3.87. The van der Waals surface area contributed by atoms with Crippen molar-refractivity contribution in [2.45, 2.75) is 46.3 Å². The molecule has 1 aromatic rings. The van der Waals surface area contributed by atoms with Crippen LogP contribution in [0.25, 0.3) is 0 Å². The van der Waals surface area contributed by atoms with E-state index in [0.717, 1.165) is 0 Å². The lowest BCUT2D eigenvalue weighted by atomic mass is 10.0. The molecule has 0 fully saturated rings. The van der Waals surface area contributed by atoms with Crippen LogP contribution in [-0.4, -0.2) is 8.07 Å². The second-order valence-electron chi connectivity index (χ2n) is 6.78. The smallest absolute Gasteiger partial charge is 0.0797 e. The van der Waals surface area contributed by atoms with E-state index >= 15 is 0 Å². The summed E-state index contributed by atoms with van der Waals surface area (Å²) in [5.41, 5.74) is 5.07. The number of allylic oxidation sites excluding steroid dienone is 4. The normalized spacial score (nSPS) is 19.1. The van der Waals surface area contributed by atoms with Gasteiger partial charge in [-0.1, -0.05) is 85.3 Å². The first-order valence-corrected chi connectivity index (χ1v) is 10.4. The van der Waals surface area contributed by atoms with Gasteiger partial charge in [0.15, 0.2) is 0 Å². The van der Waals surface area contributed by atoms with Crippen LogP contribution < -0.4 is 5.19 Å². The maximum Gasteiger partial charge on any atom is 0.0915 e. The minimum absolute atomic E-state index is 0.651. The summed E-state index contributed by atoms with van der Waals surface area (Å²) in [6.45, 7) is 14.1. The molecule has 102 valence electrons. The Morgan fingerprint density at radius 1 is 1.00 bits per heavy atom. The van der Waals surface area contributed by atoms with Crippen molar-refractivity contribution in [1.82, 2.24) is 0 Å². The fourth-order valence-corrected chi connectivity index (χ4v) is 6.64. The fourth-order valence-electron chi connectivity index (χ4n) is 3.23. The van der Waals surface area contributed by atoms with Gasteiger partial charge in [-0.15, -0.1) is 0 Å². The topological polar surface area (TPSA) is 0 Å². The Hall–Kier alpha value is -1.08. The van der Waals surface area contributed by atoms with E-state index in [2.05, 4.69) is 77.2 Å². The maximum absolute atomic E-state index is 2.51. The third kappa shape index (κ3) is 2.76. The van der Waals surface area contributed by atoms with Crippen molar-refractivity contribution in [2.75, 3.05) is 0 Å². The van der Waals surface area contributed by atoms with E-state index in [1.54, 1.807) is 10.8 Å². The lowest BCUT2D eigenvalue weighted by molar-refractivity contribution is 0.747. The fraction of sp³-hybridized carbons (Fsp3) is 0.444. The van der Waals surface area contributed by atoms with Crippen molar-refractivity contribution >= 4 is 13.3 Å². The molecule has 0 spiro atoms. The van der Waals surface area contributed by atoms with Crippen molar-refractivity contribution in [1.29, 1.82) is 0 Å². The molecule has 2 rings (SSSR count). The quantitative estimate of drug-likeness (QED) is 0.696. The van der Waals surface area contributed by atoms with E-state index in [0.29, 0.717) is 11.5 Å². The second-order valence-corrected chi connectivity index (χ2v) is 11.4. The van der Waals surface area contributed by atoms with Gasteiger partial charge in [-0.25, -0.2) is 0 Å². The molecule has 0 saturated carbocycles. The number of rotatable bonds is 3. The Morgan fingerprint density at radius 2 is 1.58 bits per heavy atom. The van der Waals surface area contributed by atoms with Crippen LogP contribution in [0.1, 0.15) is 25.0 Å². The van der Waals surface area contributed by atoms with Crippen molar-refractivity contribution in [3.05, 3.63) is 53.1 Å². The highest BCUT2D eigenvalue weighted by Crippen LogP contribution is 2.38. The van der Waals surface area contributed by atoms with Crippen molar-refractivity contribution in [2.24, 2.45) is 5.92 Å². The second kappa shape index (κ2) is 5.13. The zero-order valence-corrected chi connectivity index (χ0v) is 14.1. The van der Waals surface area contributed by atoms with Crippen LogP contribution in [0, 0.1) is 19.8 Å². The van der Waals surface area contributed by atoms with Crippen LogP contribution in [0.2, 0.25) is 18.6 Å². The lowest BCUT2D eigenvalue weighted by Gasteiger charge is -2.33. The van der Waals surface area contributed by atoms with Gasteiger partial charge in [0.1, 0.15) is 0 Å². The average molecular weight is 270 g/mol. The monoisotopic (exact) mass is 270 g/mol. The number of hydrogen-bond donors (Lipinski definition) is 0. The molecule has 0 aromatic heterocycles. The molecule has 1 unspecified atom stereocenters. The van der Waals surface area contributed by atoms with Crippen LogP contribution in [0.4, 0.5) is 0 Å². The summed E-state index contributed by atoms with van der Waals surface area (Å²) in [5.74, 6) is 0.651. The first-order chi connectivity index (χ1) is 8.82. The molecule has 1 aromatic carbocycles. The highest BCUT2D eigenvalue weighted by atomic mass is 28.3. The van der Waals surface area contributed by atoms with Crippen LogP contribution in [0.5, 0.6) is 0 Å². The average Bonchev–Trinajstić information content (AvgIpc) is 2.76. The van der Waals surface area contributed by atoms with E-state index in [-0.39, 0.29) is 0 Å². The van der Waals surface area contributed by atoms with Gasteiger partial charge in [0.25, 0.3) is 0 Å². The lowest BCUT2D eigenvalue weighted by Crippen LogP contribution is -2.46. The van der Waals surface area contributed by atoms with Gasteiger partial charge in [0.05, 0.1) is 8.07 Å². The zero-order chi connectivity index (χ0) is 14.2. The molecule has 1 atom stereocenters. The number of aryl methyl sites for hydroxylation is 2. The van der Waals surface area contributed by atoms with Crippen LogP contribution in [0.15, 0.2) is 42.0 Å². The Morgan fingerprint density at radius 3 is 2.11 bits per heavy atom. The minimum atomic E-state index is -1.49. The molecule has 1 aliphatic carbocycles. The molecular weight excluding hydrogens is 244 g/mol. The Balaban J connectivity index is 2.42. The highest BCUT2D eigenvalue weighted by molar-refractivity contribution is 6.92. The molecule has 0 saturated heterocycles. The SMILES string of the molecule is Cc1cc(C)cc([Si](C)(C)C2C=CC=C2C(C)C)c1. The van der Waals surface area contributed by atoms with Gasteiger partial charge < -0.3 is 0 Å². The molecule has 0 radical (unpaired) electrons. The van der Waals surface area contributed by atoms with Crippen LogP contribution in [-0.2, 0) is 0 Å². The number of benzene rings is 1. The van der Waals surface area contributed by atoms with Gasteiger partial charge >= 0.3 is 0 Å². The van der Waals surface area contributed by atoms with Gasteiger partial charge in [-0.2, -0.15) is 0 Å². The summed E-state index contributed by atoms with van der Waals surface area (Å²) >= 11 is 0. The van der Waals surface area contributed by atoms with Gasteiger partial charge in [-0.05, 0) is 25.3 Å². The van der Waals surface area contributed by atoms with E-state index < -0.39 is 8.07 Å². The van der Waals surface area contributed by atoms with Crippen LogP contribution >= 0.6 is 0 Å². The molecule has 1 heteroatoms. The minimum Gasteiger partial charge on any atom is -0.0797 e. The van der Waals surface area contributed by atoms with E-state index in [1.165, 1.54) is 11.1 Å².